The monoisotopic (exact) mass is 271 g/mol. The molecule has 0 radical (unpaired) electrons. The van der Waals surface area contributed by atoms with Crippen LogP contribution in [-0.2, 0) is 11.3 Å². The summed E-state index contributed by atoms with van der Waals surface area (Å²) in [6.07, 6.45) is 1.99. The molecule has 1 aliphatic carbocycles. The van der Waals surface area contributed by atoms with Crippen molar-refractivity contribution >= 4 is 5.91 Å². The summed E-state index contributed by atoms with van der Waals surface area (Å²) in [5.74, 6) is 0.933. The zero-order valence-electron chi connectivity index (χ0n) is 11.6. The number of tetrazole rings is 1. The third kappa shape index (κ3) is 2.54. The Labute approximate surface area is 117 Å². The highest BCUT2D eigenvalue weighted by molar-refractivity contribution is 5.80. The van der Waals surface area contributed by atoms with Crippen molar-refractivity contribution in [1.29, 1.82) is 0 Å². The van der Waals surface area contributed by atoms with Gasteiger partial charge in [0.25, 0.3) is 0 Å². The van der Waals surface area contributed by atoms with Gasteiger partial charge in [0.1, 0.15) is 0 Å². The third-order valence-corrected chi connectivity index (χ3v) is 3.64. The van der Waals surface area contributed by atoms with Crippen LogP contribution in [0.2, 0.25) is 0 Å². The number of amides is 1. The average molecular weight is 271 g/mol. The van der Waals surface area contributed by atoms with E-state index in [0.717, 1.165) is 18.5 Å². The van der Waals surface area contributed by atoms with Crippen molar-refractivity contribution in [2.75, 3.05) is 0 Å². The first-order valence-corrected chi connectivity index (χ1v) is 6.78. The number of carbonyl (C=O) groups is 1. The van der Waals surface area contributed by atoms with E-state index in [2.05, 4.69) is 34.7 Å². The zero-order chi connectivity index (χ0) is 14.1. The molecule has 1 amide bonds. The van der Waals surface area contributed by atoms with Gasteiger partial charge in [-0.25, -0.2) is 0 Å². The molecule has 3 rings (SSSR count). The Morgan fingerprint density at radius 2 is 2.15 bits per heavy atom. The number of nitrogens with one attached hydrogen (secondary N) is 1. The van der Waals surface area contributed by atoms with Crippen molar-refractivity contribution < 1.29 is 4.79 Å². The number of nitrogens with zero attached hydrogens (tertiary/aromatic N) is 4. The van der Waals surface area contributed by atoms with Crippen LogP contribution in [0.15, 0.2) is 18.2 Å². The third-order valence-electron chi connectivity index (χ3n) is 3.64. The number of aromatic nitrogens is 4. The topological polar surface area (TPSA) is 72.7 Å². The van der Waals surface area contributed by atoms with Gasteiger partial charge in [0.2, 0.25) is 5.91 Å². The molecule has 1 aromatic heterocycles. The molecule has 0 bridgehead atoms. The Bertz CT molecular complexity index is 645. The van der Waals surface area contributed by atoms with Crippen LogP contribution in [-0.4, -0.2) is 26.1 Å². The average Bonchev–Trinajstić information content (AvgIpc) is 3.18. The first-order chi connectivity index (χ1) is 9.65. The van der Waals surface area contributed by atoms with E-state index in [1.807, 2.05) is 18.2 Å². The van der Waals surface area contributed by atoms with Gasteiger partial charge in [-0.15, -0.1) is 5.10 Å². The molecule has 1 aliphatic rings. The van der Waals surface area contributed by atoms with Crippen molar-refractivity contribution in [1.82, 2.24) is 25.5 Å². The molecule has 20 heavy (non-hydrogen) atoms. The highest BCUT2D eigenvalue weighted by Gasteiger charge is 2.29. The van der Waals surface area contributed by atoms with Gasteiger partial charge in [-0.1, -0.05) is 6.07 Å². The summed E-state index contributed by atoms with van der Waals surface area (Å²) < 4.78 is 1.67. The van der Waals surface area contributed by atoms with E-state index in [0.29, 0.717) is 12.4 Å². The Morgan fingerprint density at radius 1 is 1.35 bits per heavy atom. The quantitative estimate of drug-likeness (QED) is 0.910. The molecule has 1 fully saturated rings. The molecular formula is C14H17N5O. The van der Waals surface area contributed by atoms with Crippen LogP contribution < -0.4 is 5.32 Å². The summed E-state index contributed by atoms with van der Waals surface area (Å²) in [7, 11) is 0. The summed E-state index contributed by atoms with van der Waals surface area (Å²) >= 11 is 0. The molecule has 1 heterocycles. The van der Waals surface area contributed by atoms with Crippen LogP contribution in [0.5, 0.6) is 0 Å². The van der Waals surface area contributed by atoms with E-state index in [9.17, 15) is 4.79 Å². The minimum atomic E-state index is 0.0969. The van der Waals surface area contributed by atoms with E-state index in [1.54, 1.807) is 4.68 Å². The fourth-order valence-electron chi connectivity index (χ4n) is 2.03. The summed E-state index contributed by atoms with van der Waals surface area (Å²) in [5, 5.41) is 14.6. The molecule has 1 N–H and O–H groups in total. The van der Waals surface area contributed by atoms with Gasteiger partial charge in [-0.3, -0.25) is 4.79 Å². The second-order valence-corrected chi connectivity index (χ2v) is 5.27. The maximum absolute atomic E-state index is 11.7. The van der Waals surface area contributed by atoms with Crippen LogP contribution in [0.1, 0.15) is 29.8 Å². The summed E-state index contributed by atoms with van der Waals surface area (Å²) in [4.78, 5) is 11.7. The SMILES string of the molecule is Cc1ccc(-n2nnnc2CNC(=O)C2CC2)cc1C. The predicted octanol–water partition coefficient (Wildman–Crippen LogP) is 1.31. The van der Waals surface area contributed by atoms with E-state index in [4.69, 9.17) is 0 Å². The smallest absolute Gasteiger partial charge is 0.223 e. The zero-order valence-corrected chi connectivity index (χ0v) is 11.6. The highest BCUT2D eigenvalue weighted by atomic mass is 16.2. The van der Waals surface area contributed by atoms with Gasteiger partial charge in [0.05, 0.1) is 12.2 Å². The van der Waals surface area contributed by atoms with Gasteiger partial charge >= 0.3 is 0 Å². The van der Waals surface area contributed by atoms with E-state index in [1.165, 1.54) is 11.1 Å². The maximum Gasteiger partial charge on any atom is 0.223 e. The first-order valence-electron chi connectivity index (χ1n) is 6.78. The first kappa shape index (κ1) is 12.8. The lowest BCUT2D eigenvalue weighted by Gasteiger charge is -2.08. The number of carbonyl (C=O) groups excluding carboxylic acids is 1. The number of hydrogen-bond donors (Lipinski definition) is 1. The number of benzene rings is 1. The van der Waals surface area contributed by atoms with Crippen LogP contribution in [0.4, 0.5) is 0 Å². The molecule has 1 saturated carbocycles. The van der Waals surface area contributed by atoms with E-state index in [-0.39, 0.29) is 11.8 Å². The summed E-state index contributed by atoms with van der Waals surface area (Å²) in [6.45, 7) is 4.47. The fraction of sp³-hybridized carbons (Fsp3) is 0.429. The van der Waals surface area contributed by atoms with Crippen LogP contribution in [0, 0.1) is 19.8 Å². The molecule has 0 aliphatic heterocycles. The molecule has 6 heteroatoms. The lowest BCUT2D eigenvalue weighted by Crippen LogP contribution is -2.26. The fourth-order valence-corrected chi connectivity index (χ4v) is 2.03. The standard InChI is InChI=1S/C14H17N5O/c1-9-3-6-12(7-10(9)2)19-13(16-17-18-19)8-15-14(20)11-4-5-11/h3,6-7,11H,4-5,8H2,1-2H3,(H,15,20). The summed E-state index contributed by atoms with van der Waals surface area (Å²) in [5.41, 5.74) is 3.32. The molecule has 0 unspecified atom stereocenters. The second kappa shape index (κ2) is 5.03. The molecular weight excluding hydrogens is 254 g/mol. The Morgan fingerprint density at radius 3 is 2.85 bits per heavy atom. The molecule has 6 nitrogen and oxygen atoms in total. The predicted molar refractivity (Wildman–Crippen MR) is 73.2 cm³/mol. The lowest BCUT2D eigenvalue weighted by atomic mass is 10.1. The number of rotatable bonds is 4. The van der Waals surface area contributed by atoms with Crippen molar-refractivity contribution in [2.45, 2.75) is 33.2 Å². The molecule has 0 atom stereocenters. The van der Waals surface area contributed by atoms with E-state index < -0.39 is 0 Å². The highest BCUT2D eigenvalue weighted by Crippen LogP contribution is 2.28. The minimum absolute atomic E-state index is 0.0969. The van der Waals surface area contributed by atoms with Crippen LogP contribution >= 0.6 is 0 Å². The van der Waals surface area contributed by atoms with Crippen LogP contribution in [0.3, 0.4) is 0 Å². The maximum atomic E-state index is 11.7. The number of aryl methyl sites for hydroxylation is 2. The second-order valence-electron chi connectivity index (χ2n) is 5.27. The normalized spacial score (nSPS) is 14.3. The Balaban J connectivity index is 1.78. The molecule has 1 aromatic carbocycles. The van der Waals surface area contributed by atoms with Crippen molar-refractivity contribution in [3.63, 3.8) is 0 Å². The minimum Gasteiger partial charge on any atom is -0.348 e. The summed E-state index contributed by atoms with van der Waals surface area (Å²) in [6, 6.07) is 6.06. The van der Waals surface area contributed by atoms with Crippen molar-refractivity contribution in [2.24, 2.45) is 5.92 Å². The van der Waals surface area contributed by atoms with Crippen molar-refractivity contribution in [3.05, 3.63) is 35.2 Å². The van der Waals surface area contributed by atoms with Gasteiger partial charge in [0, 0.05) is 5.92 Å². The number of hydrogen-bond acceptors (Lipinski definition) is 4. The van der Waals surface area contributed by atoms with Crippen molar-refractivity contribution in [3.8, 4) is 5.69 Å². The molecule has 0 saturated heterocycles. The van der Waals surface area contributed by atoms with Gasteiger partial charge in [-0.2, -0.15) is 4.68 Å². The Hall–Kier alpha value is -2.24. The molecule has 2 aromatic rings. The molecule has 0 spiro atoms. The Kier molecular flexibility index (Phi) is 3.22. The largest absolute Gasteiger partial charge is 0.348 e. The van der Waals surface area contributed by atoms with Gasteiger partial charge in [-0.05, 0) is 60.4 Å². The lowest BCUT2D eigenvalue weighted by molar-refractivity contribution is -0.122. The van der Waals surface area contributed by atoms with Gasteiger partial charge < -0.3 is 5.32 Å². The van der Waals surface area contributed by atoms with Crippen LogP contribution in [0.25, 0.3) is 5.69 Å². The van der Waals surface area contributed by atoms with Gasteiger partial charge in [0.15, 0.2) is 5.82 Å². The molecule has 104 valence electrons. The van der Waals surface area contributed by atoms with E-state index >= 15 is 0 Å².